The van der Waals surface area contributed by atoms with Crippen LogP contribution in [0.2, 0.25) is 5.02 Å². The summed E-state index contributed by atoms with van der Waals surface area (Å²) < 4.78 is 5.65. The summed E-state index contributed by atoms with van der Waals surface area (Å²) in [5, 5.41) is 0.289. The monoisotopic (exact) mass is 303 g/mol. The van der Waals surface area contributed by atoms with Crippen molar-refractivity contribution >= 4 is 29.0 Å². The summed E-state index contributed by atoms with van der Waals surface area (Å²) in [4.78, 5) is 18.5. The molecule has 0 unspecified atom stereocenters. The molecular weight excluding hydrogens is 290 g/mol. The number of ether oxygens (including phenoxy) is 1. The van der Waals surface area contributed by atoms with Crippen molar-refractivity contribution in [2.75, 3.05) is 23.8 Å². The summed E-state index contributed by atoms with van der Waals surface area (Å²) in [5.41, 5.74) is 6.54. The Balaban J connectivity index is 2.03. The van der Waals surface area contributed by atoms with Gasteiger partial charge in [-0.05, 0) is 30.7 Å². The number of carbonyl (C=O) groups excluding carboxylic acids is 1. The van der Waals surface area contributed by atoms with Crippen molar-refractivity contribution in [1.82, 2.24) is 4.98 Å². The number of para-hydroxylation sites is 2. The number of rotatable bonds is 1. The van der Waals surface area contributed by atoms with E-state index in [1.807, 2.05) is 24.3 Å². The third-order valence-corrected chi connectivity index (χ3v) is 3.56. The fourth-order valence-electron chi connectivity index (χ4n) is 2.27. The smallest absolute Gasteiger partial charge is 0.278 e. The van der Waals surface area contributed by atoms with Gasteiger partial charge in [0.05, 0.1) is 17.3 Å². The standard InChI is InChI=1S/C15H14ClN3O2/c16-10-6-7-13(17)18-14(10)15(20)19-8-3-9-21-12-5-2-1-4-11(12)19/h1-2,4-7H,3,8-9H2,(H2,17,18). The van der Waals surface area contributed by atoms with Crippen LogP contribution in [0.15, 0.2) is 36.4 Å². The highest BCUT2D eigenvalue weighted by Gasteiger charge is 2.25. The van der Waals surface area contributed by atoms with Crippen molar-refractivity contribution in [1.29, 1.82) is 0 Å². The van der Waals surface area contributed by atoms with Gasteiger partial charge in [-0.1, -0.05) is 23.7 Å². The van der Waals surface area contributed by atoms with Crippen LogP contribution in [0.25, 0.3) is 0 Å². The highest BCUT2D eigenvalue weighted by molar-refractivity contribution is 6.34. The maximum atomic E-state index is 12.8. The van der Waals surface area contributed by atoms with Gasteiger partial charge in [0.1, 0.15) is 17.3 Å². The lowest BCUT2D eigenvalue weighted by Gasteiger charge is -2.21. The second-order valence-electron chi connectivity index (χ2n) is 4.69. The van der Waals surface area contributed by atoms with Gasteiger partial charge >= 0.3 is 0 Å². The summed E-state index contributed by atoms with van der Waals surface area (Å²) in [7, 11) is 0. The van der Waals surface area contributed by atoms with E-state index in [9.17, 15) is 4.79 Å². The lowest BCUT2D eigenvalue weighted by molar-refractivity contribution is 0.0982. The number of hydrogen-bond donors (Lipinski definition) is 1. The van der Waals surface area contributed by atoms with Crippen molar-refractivity contribution in [3.63, 3.8) is 0 Å². The molecule has 108 valence electrons. The zero-order valence-corrected chi connectivity index (χ0v) is 12.0. The molecule has 1 aliphatic heterocycles. The topological polar surface area (TPSA) is 68.5 Å². The van der Waals surface area contributed by atoms with E-state index >= 15 is 0 Å². The van der Waals surface area contributed by atoms with Crippen LogP contribution in [0.4, 0.5) is 11.5 Å². The average Bonchev–Trinajstić information content (AvgIpc) is 2.71. The number of nitrogen functional groups attached to an aromatic ring is 1. The molecule has 0 fully saturated rings. The summed E-state index contributed by atoms with van der Waals surface area (Å²) >= 11 is 6.08. The molecule has 21 heavy (non-hydrogen) atoms. The van der Waals surface area contributed by atoms with Crippen LogP contribution in [0, 0.1) is 0 Å². The van der Waals surface area contributed by atoms with Crippen molar-refractivity contribution in [3.8, 4) is 5.75 Å². The van der Waals surface area contributed by atoms with Crippen LogP contribution >= 0.6 is 11.6 Å². The van der Waals surface area contributed by atoms with E-state index in [2.05, 4.69) is 4.98 Å². The van der Waals surface area contributed by atoms with Gasteiger partial charge in [-0.2, -0.15) is 0 Å². The molecule has 3 rings (SSSR count). The number of anilines is 2. The van der Waals surface area contributed by atoms with Crippen LogP contribution in [-0.2, 0) is 0 Å². The molecule has 2 heterocycles. The van der Waals surface area contributed by atoms with Crippen molar-refractivity contribution in [3.05, 3.63) is 47.1 Å². The number of halogens is 1. The van der Waals surface area contributed by atoms with E-state index in [-0.39, 0.29) is 22.4 Å². The Labute approximate surface area is 127 Å². The van der Waals surface area contributed by atoms with Crippen molar-refractivity contribution in [2.45, 2.75) is 6.42 Å². The minimum atomic E-state index is -0.273. The molecule has 0 radical (unpaired) electrons. The summed E-state index contributed by atoms with van der Waals surface area (Å²) in [6.07, 6.45) is 0.736. The number of carbonyl (C=O) groups is 1. The molecule has 1 aromatic carbocycles. The summed E-state index contributed by atoms with van der Waals surface area (Å²) in [6, 6.07) is 10.6. The van der Waals surface area contributed by atoms with Crippen molar-refractivity contribution in [2.24, 2.45) is 0 Å². The molecule has 6 heteroatoms. The van der Waals surface area contributed by atoms with Crippen LogP contribution in [-0.4, -0.2) is 24.0 Å². The van der Waals surface area contributed by atoms with Gasteiger partial charge in [0.2, 0.25) is 0 Å². The molecule has 2 N–H and O–H groups in total. The van der Waals surface area contributed by atoms with E-state index in [4.69, 9.17) is 22.1 Å². The van der Waals surface area contributed by atoms with Crippen LogP contribution in [0.5, 0.6) is 5.75 Å². The largest absolute Gasteiger partial charge is 0.491 e. The predicted molar refractivity (Wildman–Crippen MR) is 81.9 cm³/mol. The maximum Gasteiger partial charge on any atom is 0.278 e. The zero-order valence-electron chi connectivity index (χ0n) is 11.3. The number of aromatic nitrogens is 1. The van der Waals surface area contributed by atoms with Gasteiger partial charge in [-0.25, -0.2) is 4.98 Å². The first-order chi connectivity index (χ1) is 10.2. The fraction of sp³-hybridized carbons (Fsp3) is 0.200. The van der Waals surface area contributed by atoms with Crippen molar-refractivity contribution < 1.29 is 9.53 Å². The van der Waals surface area contributed by atoms with Crippen LogP contribution < -0.4 is 15.4 Å². The van der Waals surface area contributed by atoms with Crippen LogP contribution in [0.3, 0.4) is 0 Å². The Morgan fingerprint density at radius 1 is 1.29 bits per heavy atom. The first kappa shape index (κ1) is 13.7. The number of amides is 1. The minimum absolute atomic E-state index is 0.161. The highest BCUT2D eigenvalue weighted by atomic mass is 35.5. The lowest BCUT2D eigenvalue weighted by Crippen LogP contribution is -2.32. The number of nitrogens with two attached hydrogens (primary N) is 1. The number of hydrogen-bond acceptors (Lipinski definition) is 4. The van der Waals surface area contributed by atoms with E-state index < -0.39 is 0 Å². The molecule has 1 aromatic heterocycles. The molecule has 0 atom stereocenters. The number of nitrogens with zero attached hydrogens (tertiary/aromatic N) is 2. The number of benzene rings is 1. The Hall–Kier alpha value is -2.27. The minimum Gasteiger partial charge on any atom is -0.491 e. The maximum absolute atomic E-state index is 12.8. The first-order valence-corrected chi connectivity index (χ1v) is 7.00. The normalized spacial score (nSPS) is 14.0. The molecule has 0 saturated heterocycles. The predicted octanol–water partition coefficient (Wildman–Crippen LogP) is 2.75. The van der Waals surface area contributed by atoms with Gasteiger partial charge in [0.25, 0.3) is 5.91 Å². The molecule has 1 amide bonds. The van der Waals surface area contributed by atoms with E-state index in [1.54, 1.807) is 17.0 Å². The molecule has 2 aromatic rings. The zero-order chi connectivity index (χ0) is 14.8. The van der Waals surface area contributed by atoms with Gasteiger partial charge in [0, 0.05) is 6.54 Å². The molecule has 0 aliphatic carbocycles. The van der Waals surface area contributed by atoms with E-state index in [0.29, 0.717) is 18.9 Å². The molecule has 0 saturated carbocycles. The summed E-state index contributed by atoms with van der Waals surface area (Å²) in [5.74, 6) is 0.677. The molecule has 0 bridgehead atoms. The molecule has 0 spiro atoms. The average molecular weight is 304 g/mol. The van der Waals surface area contributed by atoms with Gasteiger partial charge < -0.3 is 15.4 Å². The van der Waals surface area contributed by atoms with E-state index in [0.717, 1.165) is 12.1 Å². The Morgan fingerprint density at radius 3 is 2.95 bits per heavy atom. The van der Waals surface area contributed by atoms with Gasteiger partial charge in [0.15, 0.2) is 0 Å². The fourth-order valence-corrected chi connectivity index (χ4v) is 2.46. The first-order valence-electron chi connectivity index (χ1n) is 6.62. The summed E-state index contributed by atoms with van der Waals surface area (Å²) in [6.45, 7) is 1.11. The number of pyridine rings is 1. The molecule has 1 aliphatic rings. The third-order valence-electron chi connectivity index (χ3n) is 3.25. The lowest BCUT2D eigenvalue weighted by atomic mass is 10.2. The van der Waals surface area contributed by atoms with Gasteiger partial charge in [-0.3, -0.25) is 4.79 Å². The SMILES string of the molecule is Nc1ccc(Cl)c(C(=O)N2CCCOc3ccccc32)n1. The Morgan fingerprint density at radius 2 is 2.10 bits per heavy atom. The second-order valence-corrected chi connectivity index (χ2v) is 5.10. The number of fused-ring (bicyclic) bond motifs is 1. The van der Waals surface area contributed by atoms with E-state index in [1.165, 1.54) is 0 Å². The third kappa shape index (κ3) is 2.64. The Kier molecular flexibility index (Phi) is 3.66. The van der Waals surface area contributed by atoms with Gasteiger partial charge in [-0.15, -0.1) is 0 Å². The van der Waals surface area contributed by atoms with Crippen LogP contribution in [0.1, 0.15) is 16.9 Å². The quantitative estimate of drug-likeness (QED) is 0.879. The molecule has 5 nitrogen and oxygen atoms in total. The highest BCUT2D eigenvalue weighted by Crippen LogP contribution is 2.32. The Bertz CT molecular complexity index is 690. The molecular formula is C15H14ClN3O2. The second kappa shape index (κ2) is 5.61.